The first kappa shape index (κ1) is 11.4. The Morgan fingerprint density at radius 2 is 2.00 bits per heavy atom. The molecule has 0 amide bonds. The van der Waals surface area contributed by atoms with Crippen molar-refractivity contribution in [3.8, 4) is 11.3 Å². The van der Waals surface area contributed by atoms with E-state index >= 15 is 0 Å². The molecule has 1 heterocycles. The van der Waals surface area contributed by atoms with Crippen molar-refractivity contribution in [3.05, 3.63) is 41.2 Å². The van der Waals surface area contributed by atoms with Crippen LogP contribution in [0.4, 0.5) is 0 Å². The van der Waals surface area contributed by atoms with Crippen molar-refractivity contribution >= 4 is 5.97 Å². The van der Waals surface area contributed by atoms with E-state index < -0.39 is 5.97 Å². The van der Waals surface area contributed by atoms with Crippen molar-refractivity contribution in [2.24, 2.45) is 0 Å². The first-order valence-corrected chi connectivity index (χ1v) is 5.42. The average Bonchev–Trinajstić information content (AvgIpc) is 2.71. The molecule has 0 aliphatic heterocycles. The first-order valence-electron chi connectivity index (χ1n) is 5.42. The van der Waals surface area contributed by atoms with Crippen LogP contribution in [0, 0.1) is 6.92 Å². The molecule has 1 aromatic heterocycles. The van der Waals surface area contributed by atoms with Gasteiger partial charge in [0.25, 0.3) is 0 Å². The van der Waals surface area contributed by atoms with E-state index in [1.165, 1.54) is 5.56 Å². The lowest BCUT2D eigenvalue weighted by Crippen LogP contribution is -1.99. The summed E-state index contributed by atoms with van der Waals surface area (Å²) in [6.07, 6.45) is 0.948. The zero-order valence-electron chi connectivity index (χ0n) is 9.73. The second-order valence-corrected chi connectivity index (χ2v) is 3.82. The lowest BCUT2D eigenvalue weighted by molar-refractivity contribution is 0.0696. The average molecular weight is 231 g/mol. The van der Waals surface area contributed by atoms with Crippen LogP contribution in [0.5, 0.6) is 0 Å². The quantitative estimate of drug-likeness (QED) is 0.882. The molecule has 0 aliphatic carbocycles. The van der Waals surface area contributed by atoms with E-state index in [-0.39, 0.29) is 5.56 Å². The highest BCUT2D eigenvalue weighted by Gasteiger charge is 2.20. The highest BCUT2D eigenvalue weighted by molar-refractivity contribution is 5.95. The number of aromatic nitrogens is 1. The molecular weight excluding hydrogens is 218 g/mol. The number of hydrogen-bond acceptors (Lipinski definition) is 3. The number of hydrogen-bond donors (Lipinski definition) is 1. The summed E-state index contributed by atoms with van der Waals surface area (Å²) in [6, 6.07) is 7.65. The third-order valence-corrected chi connectivity index (χ3v) is 2.71. The summed E-state index contributed by atoms with van der Waals surface area (Å²) in [5, 5.41) is 12.9. The van der Waals surface area contributed by atoms with E-state index in [4.69, 9.17) is 9.63 Å². The minimum Gasteiger partial charge on any atom is -0.477 e. The molecular formula is C13H13NO3. The molecule has 0 spiro atoms. The van der Waals surface area contributed by atoms with Crippen molar-refractivity contribution in [2.75, 3.05) is 0 Å². The van der Waals surface area contributed by atoms with Crippen LogP contribution in [-0.2, 0) is 6.42 Å². The van der Waals surface area contributed by atoms with Crippen LogP contribution in [0.2, 0.25) is 0 Å². The molecule has 0 aliphatic rings. The molecule has 0 atom stereocenters. The van der Waals surface area contributed by atoms with E-state index in [2.05, 4.69) is 12.1 Å². The Labute approximate surface area is 98.9 Å². The van der Waals surface area contributed by atoms with Gasteiger partial charge in [-0.15, -0.1) is 0 Å². The molecule has 0 unspecified atom stereocenters. The standard InChI is InChI=1S/C13H13NO3/c1-3-9-4-6-10(7-5-9)12-11(13(15)16)8(2)17-14-12/h4-7H,3H2,1-2H3,(H,15,16). The summed E-state index contributed by atoms with van der Waals surface area (Å²) in [4.78, 5) is 11.1. The number of carbonyl (C=O) groups is 1. The van der Waals surface area contributed by atoms with Crippen molar-refractivity contribution in [2.45, 2.75) is 20.3 Å². The zero-order chi connectivity index (χ0) is 12.4. The third kappa shape index (κ3) is 2.06. The van der Waals surface area contributed by atoms with Gasteiger partial charge in [-0.3, -0.25) is 0 Å². The molecule has 4 heteroatoms. The molecule has 2 aromatic rings. The molecule has 4 nitrogen and oxygen atoms in total. The van der Waals surface area contributed by atoms with Gasteiger partial charge in [0.05, 0.1) is 0 Å². The SMILES string of the molecule is CCc1ccc(-c2noc(C)c2C(=O)O)cc1. The minimum atomic E-state index is -1.02. The van der Waals surface area contributed by atoms with E-state index in [0.29, 0.717) is 11.5 Å². The number of rotatable bonds is 3. The minimum absolute atomic E-state index is 0.134. The Morgan fingerprint density at radius 1 is 1.35 bits per heavy atom. The number of carboxylic acid groups (broad SMARTS) is 1. The third-order valence-electron chi connectivity index (χ3n) is 2.71. The van der Waals surface area contributed by atoms with Crippen LogP contribution in [0.15, 0.2) is 28.8 Å². The van der Waals surface area contributed by atoms with Gasteiger partial charge in [-0.1, -0.05) is 36.3 Å². The summed E-state index contributed by atoms with van der Waals surface area (Å²) < 4.78 is 4.94. The van der Waals surface area contributed by atoms with E-state index in [0.717, 1.165) is 12.0 Å². The highest BCUT2D eigenvalue weighted by atomic mass is 16.5. The van der Waals surface area contributed by atoms with Crippen molar-refractivity contribution < 1.29 is 14.4 Å². The Balaban J connectivity index is 2.49. The number of carboxylic acids is 1. The largest absolute Gasteiger partial charge is 0.477 e. The molecule has 0 saturated carbocycles. The predicted molar refractivity (Wildman–Crippen MR) is 63.0 cm³/mol. The van der Waals surface area contributed by atoms with E-state index in [9.17, 15) is 4.79 Å². The molecule has 88 valence electrons. The van der Waals surface area contributed by atoms with Gasteiger partial charge >= 0.3 is 5.97 Å². The maximum Gasteiger partial charge on any atom is 0.341 e. The maximum absolute atomic E-state index is 11.1. The molecule has 0 radical (unpaired) electrons. The van der Waals surface area contributed by atoms with Crippen LogP contribution < -0.4 is 0 Å². The van der Waals surface area contributed by atoms with Gasteiger partial charge in [-0.2, -0.15) is 0 Å². The molecule has 17 heavy (non-hydrogen) atoms. The first-order chi connectivity index (χ1) is 8.13. The van der Waals surface area contributed by atoms with Crippen LogP contribution >= 0.6 is 0 Å². The highest BCUT2D eigenvalue weighted by Crippen LogP contribution is 2.25. The summed E-state index contributed by atoms with van der Waals surface area (Å²) in [5.41, 5.74) is 2.48. The smallest absolute Gasteiger partial charge is 0.341 e. The fourth-order valence-corrected chi connectivity index (χ4v) is 1.72. The lowest BCUT2D eigenvalue weighted by Gasteiger charge is -2.00. The fraction of sp³-hybridized carbons (Fsp3) is 0.231. The fourth-order valence-electron chi connectivity index (χ4n) is 1.72. The van der Waals surface area contributed by atoms with Crippen molar-refractivity contribution in [1.29, 1.82) is 0 Å². The number of benzene rings is 1. The predicted octanol–water partition coefficient (Wildman–Crippen LogP) is 2.91. The molecule has 0 saturated heterocycles. The zero-order valence-corrected chi connectivity index (χ0v) is 9.73. The van der Waals surface area contributed by atoms with Gasteiger partial charge in [0.15, 0.2) is 0 Å². The van der Waals surface area contributed by atoms with Gasteiger partial charge in [0, 0.05) is 5.56 Å². The summed E-state index contributed by atoms with van der Waals surface area (Å²) >= 11 is 0. The number of aryl methyl sites for hydroxylation is 2. The molecule has 2 rings (SSSR count). The number of nitrogens with zero attached hydrogens (tertiary/aromatic N) is 1. The lowest BCUT2D eigenvalue weighted by atomic mass is 10.0. The van der Waals surface area contributed by atoms with Gasteiger partial charge in [0.2, 0.25) is 0 Å². The van der Waals surface area contributed by atoms with Crippen LogP contribution in [-0.4, -0.2) is 16.2 Å². The second-order valence-electron chi connectivity index (χ2n) is 3.82. The molecule has 1 N–H and O–H groups in total. The summed E-state index contributed by atoms with van der Waals surface area (Å²) in [7, 11) is 0. The Morgan fingerprint density at radius 3 is 2.53 bits per heavy atom. The second kappa shape index (κ2) is 4.41. The monoisotopic (exact) mass is 231 g/mol. The Hall–Kier alpha value is -2.10. The van der Waals surface area contributed by atoms with Crippen molar-refractivity contribution in [1.82, 2.24) is 5.16 Å². The van der Waals surface area contributed by atoms with Gasteiger partial charge < -0.3 is 9.63 Å². The van der Waals surface area contributed by atoms with Crippen LogP contribution in [0.3, 0.4) is 0 Å². The molecule has 1 aromatic carbocycles. The number of aromatic carboxylic acids is 1. The van der Waals surface area contributed by atoms with E-state index in [1.54, 1.807) is 6.92 Å². The van der Waals surface area contributed by atoms with Gasteiger partial charge in [-0.05, 0) is 18.9 Å². The van der Waals surface area contributed by atoms with Gasteiger partial charge in [0.1, 0.15) is 17.0 Å². The Kier molecular flexibility index (Phi) is 2.95. The topological polar surface area (TPSA) is 63.3 Å². The van der Waals surface area contributed by atoms with E-state index in [1.807, 2.05) is 24.3 Å². The normalized spacial score (nSPS) is 10.5. The van der Waals surface area contributed by atoms with Crippen LogP contribution in [0.1, 0.15) is 28.6 Å². The van der Waals surface area contributed by atoms with Crippen molar-refractivity contribution in [3.63, 3.8) is 0 Å². The summed E-state index contributed by atoms with van der Waals surface area (Å²) in [5.74, 6) is -0.689. The van der Waals surface area contributed by atoms with Gasteiger partial charge in [-0.25, -0.2) is 4.79 Å². The Bertz CT molecular complexity index is 540. The van der Waals surface area contributed by atoms with Crippen LogP contribution in [0.25, 0.3) is 11.3 Å². The molecule has 0 fully saturated rings. The molecule has 0 bridgehead atoms. The maximum atomic E-state index is 11.1. The summed E-state index contributed by atoms with van der Waals surface area (Å²) in [6.45, 7) is 3.66.